The van der Waals surface area contributed by atoms with Crippen LogP contribution < -0.4 is 0 Å². The van der Waals surface area contributed by atoms with Gasteiger partial charge in [0.2, 0.25) is 10.0 Å². The first kappa shape index (κ1) is 10.5. The lowest BCUT2D eigenvalue weighted by atomic mass is 10.5. The number of sulfonamides is 1. The molecule has 0 radical (unpaired) electrons. The van der Waals surface area contributed by atoms with Gasteiger partial charge in [0.1, 0.15) is 0 Å². The second-order valence-electron chi connectivity index (χ2n) is 3.21. The molecule has 1 saturated carbocycles. The molecule has 0 aliphatic heterocycles. The third kappa shape index (κ3) is 2.96. The molecule has 0 spiro atoms. The van der Waals surface area contributed by atoms with Gasteiger partial charge in [0.15, 0.2) is 0 Å². The first-order valence-electron chi connectivity index (χ1n) is 4.11. The first-order chi connectivity index (χ1) is 5.93. The lowest BCUT2D eigenvalue weighted by molar-refractivity contribution is -0.136. The van der Waals surface area contributed by atoms with Crippen molar-refractivity contribution >= 4 is 16.0 Å². The van der Waals surface area contributed by atoms with Crippen LogP contribution >= 0.6 is 0 Å². The van der Waals surface area contributed by atoms with Crippen LogP contribution in [0.15, 0.2) is 0 Å². The highest BCUT2D eigenvalue weighted by Gasteiger charge is 2.33. The number of carbonyl (C=O) groups is 1. The quantitative estimate of drug-likeness (QED) is 0.682. The van der Waals surface area contributed by atoms with Gasteiger partial charge in [-0.3, -0.25) is 4.79 Å². The Hall–Kier alpha value is -0.620. The average molecular weight is 207 g/mol. The second kappa shape index (κ2) is 3.63. The monoisotopic (exact) mass is 207 g/mol. The van der Waals surface area contributed by atoms with Crippen LogP contribution in [0.25, 0.3) is 0 Å². The molecule has 1 rings (SSSR count). The summed E-state index contributed by atoms with van der Waals surface area (Å²) in [7, 11) is -1.83. The number of rotatable bonds is 5. The number of hydrogen-bond acceptors (Lipinski definition) is 3. The molecule has 1 fully saturated rings. The van der Waals surface area contributed by atoms with E-state index in [4.69, 9.17) is 5.11 Å². The van der Waals surface area contributed by atoms with Crippen LogP contribution in [-0.2, 0) is 14.8 Å². The molecule has 1 N–H and O–H groups in total. The number of carboxylic acids is 1. The summed E-state index contributed by atoms with van der Waals surface area (Å²) in [4.78, 5) is 10.2. The summed E-state index contributed by atoms with van der Waals surface area (Å²) < 4.78 is 24.0. The third-order valence-corrected chi connectivity index (χ3v) is 3.97. The van der Waals surface area contributed by atoms with Crippen molar-refractivity contribution in [3.63, 3.8) is 0 Å². The van der Waals surface area contributed by atoms with Crippen LogP contribution in [0, 0.1) is 0 Å². The summed E-state index contributed by atoms with van der Waals surface area (Å²) in [6.45, 7) is 0. The van der Waals surface area contributed by atoms with Gasteiger partial charge < -0.3 is 5.11 Å². The second-order valence-corrected chi connectivity index (χ2v) is 5.36. The van der Waals surface area contributed by atoms with Crippen LogP contribution in [0.2, 0.25) is 0 Å². The van der Waals surface area contributed by atoms with Gasteiger partial charge in [-0.25, -0.2) is 12.7 Å². The lowest BCUT2D eigenvalue weighted by Crippen LogP contribution is -2.31. The van der Waals surface area contributed by atoms with E-state index in [9.17, 15) is 13.2 Å². The molecule has 1 aliphatic rings. The SMILES string of the molecule is CN(C1CC1)S(=O)(=O)CCC(=O)O. The zero-order valence-corrected chi connectivity index (χ0v) is 8.25. The number of carboxylic acid groups (broad SMARTS) is 1. The van der Waals surface area contributed by atoms with Crippen LogP contribution in [0.5, 0.6) is 0 Å². The van der Waals surface area contributed by atoms with Gasteiger partial charge in [0.05, 0.1) is 12.2 Å². The average Bonchev–Trinajstić information content (AvgIpc) is 2.82. The molecule has 0 bridgehead atoms. The number of aliphatic carboxylic acids is 1. The minimum atomic E-state index is -3.34. The maximum absolute atomic E-state index is 11.4. The Labute approximate surface area is 77.4 Å². The Kier molecular flexibility index (Phi) is 2.92. The minimum Gasteiger partial charge on any atom is -0.481 e. The predicted octanol–water partition coefficient (Wildman–Crippen LogP) is -0.115. The van der Waals surface area contributed by atoms with Crippen LogP contribution in [0.4, 0.5) is 0 Å². The van der Waals surface area contributed by atoms with E-state index in [0.717, 1.165) is 12.8 Å². The van der Waals surface area contributed by atoms with Gasteiger partial charge in [-0.05, 0) is 12.8 Å². The van der Waals surface area contributed by atoms with Crippen molar-refractivity contribution in [1.29, 1.82) is 0 Å². The van der Waals surface area contributed by atoms with Crippen molar-refractivity contribution in [3.05, 3.63) is 0 Å². The van der Waals surface area contributed by atoms with Crippen molar-refractivity contribution < 1.29 is 18.3 Å². The van der Waals surface area contributed by atoms with Gasteiger partial charge >= 0.3 is 5.97 Å². The minimum absolute atomic E-state index is 0.110. The highest BCUT2D eigenvalue weighted by Crippen LogP contribution is 2.27. The Morgan fingerprint density at radius 1 is 1.54 bits per heavy atom. The zero-order valence-electron chi connectivity index (χ0n) is 7.43. The van der Waals surface area contributed by atoms with Gasteiger partial charge in [-0.15, -0.1) is 0 Å². The summed E-state index contributed by atoms with van der Waals surface area (Å²) in [6.07, 6.45) is 1.46. The Balaban J connectivity index is 2.49. The molecule has 0 aromatic rings. The van der Waals surface area contributed by atoms with Gasteiger partial charge in [0, 0.05) is 13.1 Å². The summed E-state index contributed by atoms with van der Waals surface area (Å²) in [6, 6.07) is 0.110. The van der Waals surface area contributed by atoms with E-state index in [1.807, 2.05) is 0 Å². The van der Waals surface area contributed by atoms with Crippen LogP contribution in [-0.4, -0.2) is 42.6 Å². The van der Waals surface area contributed by atoms with Gasteiger partial charge in [-0.1, -0.05) is 0 Å². The molecule has 13 heavy (non-hydrogen) atoms. The summed E-state index contributed by atoms with van der Waals surface area (Å²) in [5.74, 6) is -1.37. The predicted molar refractivity (Wildman–Crippen MR) is 46.8 cm³/mol. The molecule has 0 amide bonds. The lowest BCUT2D eigenvalue weighted by Gasteiger charge is -2.14. The van der Waals surface area contributed by atoms with Crippen molar-refractivity contribution in [3.8, 4) is 0 Å². The normalized spacial score (nSPS) is 17.7. The van der Waals surface area contributed by atoms with Crippen LogP contribution in [0.1, 0.15) is 19.3 Å². The van der Waals surface area contributed by atoms with E-state index in [1.165, 1.54) is 11.4 Å². The summed E-state index contributed by atoms with van der Waals surface area (Å²) in [5.41, 5.74) is 0. The van der Waals surface area contributed by atoms with Gasteiger partial charge in [-0.2, -0.15) is 0 Å². The van der Waals surface area contributed by atoms with Crippen molar-refractivity contribution in [2.45, 2.75) is 25.3 Å². The Bertz CT molecular complexity index is 294. The Morgan fingerprint density at radius 2 is 2.08 bits per heavy atom. The molecule has 0 heterocycles. The molecule has 76 valence electrons. The standard InChI is InChI=1S/C7H13NO4S/c1-8(6-2-3-6)13(11,12)5-4-7(9)10/h6H,2-5H2,1H3,(H,9,10). The number of nitrogens with zero attached hydrogens (tertiary/aromatic N) is 1. The molecule has 6 heteroatoms. The fraction of sp³-hybridized carbons (Fsp3) is 0.857. The first-order valence-corrected chi connectivity index (χ1v) is 5.72. The molecular formula is C7H13NO4S. The fourth-order valence-electron chi connectivity index (χ4n) is 1.03. The van der Waals surface area contributed by atoms with E-state index in [1.54, 1.807) is 0 Å². The van der Waals surface area contributed by atoms with E-state index in [0.29, 0.717) is 0 Å². The molecule has 0 aromatic heterocycles. The topological polar surface area (TPSA) is 74.7 Å². The number of hydrogen-bond donors (Lipinski definition) is 1. The van der Waals surface area contributed by atoms with E-state index < -0.39 is 16.0 Å². The highest BCUT2D eigenvalue weighted by molar-refractivity contribution is 7.89. The van der Waals surface area contributed by atoms with Crippen molar-refractivity contribution in [2.24, 2.45) is 0 Å². The smallest absolute Gasteiger partial charge is 0.304 e. The molecular weight excluding hydrogens is 194 g/mol. The zero-order chi connectivity index (χ0) is 10.1. The van der Waals surface area contributed by atoms with E-state index >= 15 is 0 Å². The molecule has 0 atom stereocenters. The van der Waals surface area contributed by atoms with Crippen molar-refractivity contribution in [1.82, 2.24) is 4.31 Å². The van der Waals surface area contributed by atoms with Gasteiger partial charge in [0.25, 0.3) is 0 Å². The highest BCUT2D eigenvalue weighted by atomic mass is 32.2. The summed E-state index contributed by atoms with van der Waals surface area (Å²) >= 11 is 0. The molecule has 1 aliphatic carbocycles. The molecule has 0 unspecified atom stereocenters. The van der Waals surface area contributed by atoms with Crippen LogP contribution in [0.3, 0.4) is 0 Å². The Morgan fingerprint density at radius 3 is 2.46 bits per heavy atom. The third-order valence-electron chi connectivity index (χ3n) is 2.07. The molecule has 5 nitrogen and oxygen atoms in total. The van der Waals surface area contributed by atoms with Crippen molar-refractivity contribution in [2.75, 3.05) is 12.8 Å². The van der Waals surface area contributed by atoms with E-state index in [2.05, 4.69) is 0 Å². The maximum atomic E-state index is 11.4. The fourth-order valence-corrected chi connectivity index (χ4v) is 2.41. The molecule has 0 aromatic carbocycles. The molecule has 0 saturated heterocycles. The summed E-state index contributed by atoms with van der Waals surface area (Å²) in [5, 5.41) is 8.33. The largest absolute Gasteiger partial charge is 0.481 e. The van der Waals surface area contributed by atoms with E-state index in [-0.39, 0.29) is 18.2 Å². The maximum Gasteiger partial charge on any atom is 0.304 e.